The minimum Gasteiger partial charge on any atom is -0.398 e. The van der Waals surface area contributed by atoms with Crippen LogP contribution in [0, 0.1) is 0 Å². The van der Waals surface area contributed by atoms with Crippen molar-refractivity contribution in [3.05, 3.63) is 28.8 Å². The average molecular weight is 269 g/mol. The number of nitrogen functional groups attached to an aromatic ring is 1. The molecule has 0 spiro atoms. The molecule has 1 atom stereocenters. The molecule has 1 aromatic rings. The van der Waals surface area contributed by atoms with Crippen molar-refractivity contribution in [3.63, 3.8) is 0 Å². The smallest absolute Gasteiger partial charge is 0.253 e. The second-order valence-corrected chi connectivity index (χ2v) is 5.26. The van der Waals surface area contributed by atoms with Crippen LogP contribution in [-0.2, 0) is 4.74 Å². The van der Waals surface area contributed by atoms with E-state index in [-0.39, 0.29) is 11.4 Å². The van der Waals surface area contributed by atoms with E-state index < -0.39 is 0 Å². The van der Waals surface area contributed by atoms with Crippen molar-refractivity contribution in [1.82, 2.24) is 5.32 Å². The van der Waals surface area contributed by atoms with Crippen molar-refractivity contribution < 1.29 is 9.53 Å². The van der Waals surface area contributed by atoms with Crippen LogP contribution in [0.15, 0.2) is 18.2 Å². The number of rotatable bonds is 2. The van der Waals surface area contributed by atoms with E-state index in [1.807, 2.05) is 6.92 Å². The molecule has 98 valence electrons. The standard InChI is InChI=1S/C13H17ClN2O2/c1-13(6-3-7-18-8-13)16-12(17)9-4-2-5-10(15)11(9)14/h2,4-5H,3,6-8,15H2,1H3,(H,16,17). The van der Waals surface area contributed by atoms with Gasteiger partial charge in [-0.1, -0.05) is 17.7 Å². The molecular formula is C13H17ClN2O2. The monoisotopic (exact) mass is 268 g/mol. The molecule has 0 radical (unpaired) electrons. The lowest BCUT2D eigenvalue weighted by Crippen LogP contribution is -2.51. The van der Waals surface area contributed by atoms with Gasteiger partial charge in [0.1, 0.15) is 0 Å². The SMILES string of the molecule is CC1(NC(=O)c2cccc(N)c2Cl)CCCOC1. The van der Waals surface area contributed by atoms with E-state index in [0.717, 1.165) is 19.4 Å². The van der Waals surface area contributed by atoms with Gasteiger partial charge in [0, 0.05) is 6.61 Å². The molecule has 1 amide bonds. The van der Waals surface area contributed by atoms with E-state index in [9.17, 15) is 4.79 Å². The topological polar surface area (TPSA) is 64.4 Å². The van der Waals surface area contributed by atoms with Gasteiger partial charge < -0.3 is 15.8 Å². The summed E-state index contributed by atoms with van der Waals surface area (Å²) in [6.45, 7) is 3.26. The zero-order valence-electron chi connectivity index (χ0n) is 10.3. The van der Waals surface area contributed by atoms with Crippen LogP contribution in [0.25, 0.3) is 0 Å². The van der Waals surface area contributed by atoms with Crippen LogP contribution in [0.3, 0.4) is 0 Å². The summed E-state index contributed by atoms with van der Waals surface area (Å²) in [5.74, 6) is -0.208. The molecule has 0 aliphatic carbocycles. The molecule has 5 heteroatoms. The van der Waals surface area contributed by atoms with Gasteiger partial charge >= 0.3 is 0 Å². The maximum atomic E-state index is 12.2. The Morgan fingerprint density at radius 3 is 3.00 bits per heavy atom. The van der Waals surface area contributed by atoms with Crippen molar-refractivity contribution >= 4 is 23.2 Å². The molecule has 2 rings (SSSR count). The highest BCUT2D eigenvalue weighted by atomic mass is 35.5. The Morgan fingerprint density at radius 1 is 1.56 bits per heavy atom. The quantitative estimate of drug-likeness (QED) is 0.809. The zero-order valence-corrected chi connectivity index (χ0v) is 11.1. The molecule has 0 aromatic heterocycles. The third kappa shape index (κ3) is 2.76. The Morgan fingerprint density at radius 2 is 2.33 bits per heavy atom. The summed E-state index contributed by atoms with van der Waals surface area (Å²) in [5.41, 5.74) is 6.18. The number of benzene rings is 1. The lowest BCUT2D eigenvalue weighted by Gasteiger charge is -2.34. The van der Waals surface area contributed by atoms with E-state index in [1.54, 1.807) is 18.2 Å². The summed E-state index contributed by atoms with van der Waals surface area (Å²) in [5, 5.41) is 3.28. The van der Waals surface area contributed by atoms with Gasteiger partial charge in [-0.05, 0) is 31.9 Å². The van der Waals surface area contributed by atoms with Crippen LogP contribution >= 0.6 is 11.6 Å². The van der Waals surface area contributed by atoms with Crippen LogP contribution in [0.5, 0.6) is 0 Å². The molecule has 1 aliphatic rings. The molecule has 0 saturated carbocycles. The normalized spacial score (nSPS) is 23.7. The van der Waals surface area contributed by atoms with Crippen molar-refractivity contribution in [3.8, 4) is 0 Å². The van der Waals surface area contributed by atoms with Gasteiger partial charge in [-0.15, -0.1) is 0 Å². The van der Waals surface area contributed by atoms with Crippen molar-refractivity contribution in [2.24, 2.45) is 0 Å². The van der Waals surface area contributed by atoms with Gasteiger partial charge in [0.15, 0.2) is 0 Å². The number of hydrogen-bond donors (Lipinski definition) is 2. The molecule has 1 aromatic carbocycles. The number of carbonyl (C=O) groups is 1. The Bertz CT molecular complexity index is 456. The summed E-state index contributed by atoms with van der Waals surface area (Å²) in [7, 11) is 0. The second-order valence-electron chi connectivity index (χ2n) is 4.88. The third-order valence-corrected chi connectivity index (χ3v) is 3.55. The van der Waals surface area contributed by atoms with Gasteiger partial charge in [-0.25, -0.2) is 0 Å². The van der Waals surface area contributed by atoms with Crippen LogP contribution in [0.4, 0.5) is 5.69 Å². The maximum Gasteiger partial charge on any atom is 0.253 e. The second kappa shape index (κ2) is 5.16. The number of amides is 1. The molecule has 3 N–H and O–H groups in total. The van der Waals surface area contributed by atoms with Gasteiger partial charge in [0.05, 0.1) is 28.4 Å². The highest BCUT2D eigenvalue weighted by Crippen LogP contribution is 2.25. The molecule has 4 nitrogen and oxygen atoms in total. The predicted molar refractivity (Wildman–Crippen MR) is 71.8 cm³/mol. The van der Waals surface area contributed by atoms with Crippen molar-refractivity contribution in [2.75, 3.05) is 18.9 Å². The van der Waals surface area contributed by atoms with Crippen LogP contribution in [-0.4, -0.2) is 24.7 Å². The van der Waals surface area contributed by atoms with Crippen LogP contribution in [0.1, 0.15) is 30.1 Å². The summed E-state index contributed by atoms with van der Waals surface area (Å²) in [6, 6.07) is 5.06. The third-order valence-electron chi connectivity index (χ3n) is 3.13. The summed E-state index contributed by atoms with van der Waals surface area (Å²) < 4.78 is 5.40. The first-order valence-corrected chi connectivity index (χ1v) is 6.34. The molecule has 1 fully saturated rings. The van der Waals surface area contributed by atoms with E-state index in [4.69, 9.17) is 22.1 Å². The number of nitrogens with one attached hydrogen (secondary N) is 1. The highest BCUT2D eigenvalue weighted by molar-refractivity contribution is 6.36. The first-order chi connectivity index (χ1) is 8.52. The fourth-order valence-corrected chi connectivity index (χ4v) is 2.31. The molecule has 18 heavy (non-hydrogen) atoms. The first kappa shape index (κ1) is 13.2. The zero-order chi connectivity index (χ0) is 13.2. The Kier molecular flexibility index (Phi) is 3.78. The first-order valence-electron chi connectivity index (χ1n) is 5.96. The minimum atomic E-state index is -0.330. The largest absolute Gasteiger partial charge is 0.398 e. The lowest BCUT2D eigenvalue weighted by atomic mass is 9.94. The minimum absolute atomic E-state index is 0.208. The van der Waals surface area contributed by atoms with E-state index in [2.05, 4.69) is 5.32 Å². The number of carbonyl (C=O) groups excluding carboxylic acids is 1. The summed E-state index contributed by atoms with van der Waals surface area (Å²) in [6.07, 6.45) is 1.85. The molecule has 0 bridgehead atoms. The van der Waals surface area contributed by atoms with Gasteiger partial charge in [-0.3, -0.25) is 4.79 Å². The Hall–Kier alpha value is -1.26. The lowest BCUT2D eigenvalue weighted by molar-refractivity contribution is 0.0273. The van der Waals surface area contributed by atoms with Gasteiger partial charge in [-0.2, -0.15) is 0 Å². The number of ether oxygens (including phenoxy) is 1. The number of halogens is 1. The Balaban J connectivity index is 2.14. The van der Waals surface area contributed by atoms with E-state index in [1.165, 1.54) is 0 Å². The van der Waals surface area contributed by atoms with Crippen molar-refractivity contribution in [2.45, 2.75) is 25.3 Å². The molecular weight excluding hydrogens is 252 g/mol. The van der Waals surface area contributed by atoms with Gasteiger partial charge in [0.25, 0.3) is 5.91 Å². The van der Waals surface area contributed by atoms with E-state index in [0.29, 0.717) is 22.9 Å². The molecule has 1 unspecified atom stereocenters. The Labute approximate surface area is 111 Å². The fraction of sp³-hybridized carbons (Fsp3) is 0.462. The maximum absolute atomic E-state index is 12.2. The van der Waals surface area contributed by atoms with Crippen LogP contribution < -0.4 is 11.1 Å². The summed E-state index contributed by atoms with van der Waals surface area (Å²) >= 11 is 6.03. The summed E-state index contributed by atoms with van der Waals surface area (Å²) in [4.78, 5) is 12.2. The number of anilines is 1. The van der Waals surface area contributed by atoms with Gasteiger partial charge in [0.2, 0.25) is 0 Å². The predicted octanol–water partition coefficient (Wildman–Crippen LogP) is 2.22. The molecule has 1 heterocycles. The average Bonchev–Trinajstić information content (AvgIpc) is 2.33. The molecule has 1 saturated heterocycles. The fourth-order valence-electron chi connectivity index (χ4n) is 2.10. The van der Waals surface area contributed by atoms with E-state index >= 15 is 0 Å². The van der Waals surface area contributed by atoms with Crippen LogP contribution in [0.2, 0.25) is 5.02 Å². The number of nitrogens with two attached hydrogens (primary N) is 1. The number of hydrogen-bond acceptors (Lipinski definition) is 3. The van der Waals surface area contributed by atoms with Crippen molar-refractivity contribution in [1.29, 1.82) is 0 Å². The highest BCUT2D eigenvalue weighted by Gasteiger charge is 2.30. The molecule has 1 aliphatic heterocycles.